The molecule has 6 nitrogen and oxygen atoms in total. The summed E-state index contributed by atoms with van der Waals surface area (Å²) in [4.78, 5) is 14.9. The van der Waals surface area contributed by atoms with Crippen LogP contribution >= 0.6 is 11.3 Å². The summed E-state index contributed by atoms with van der Waals surface area (Å²) in [6.45, 7) is 0. The van der Waals surface area contributed by atoms with E-state index in [1.807, 2.05) is 17.5 Å². The Bertz CT molecular complexity index is 639. The van der Waals surface area contributed by atoms with Gasteiger partial charge in [0.25, 0.3) is 0 Å². The van der Waals surface area contributed by atoms with Crippen molar-refractivity contribution in [3.8, 4) is 6.07 Å². The molecule has 0 atom stereocenters. The largest absolute Gasteiger partial charge is 0.368 e. The fraction of sp³-hybridized carbons (Fsp3) is 0.167. The third kappa shape index (κ3) is 3.05. The van der Waals surface area contributed by atoms with Crippen LogP contribution in [-0.2, 0) is 0 Å². The van der Waals surface area contributed by atoms with Gasteiger partial charge in [-0.3, -0.25) is 0 Å². The Hall–Kier alpha value is -2.46. The summed E-state index contributed by atoms with van der Waals surface area (Å²) in [7, 11) is 3.60. The van der Waals surface area contributed by atoms with Gasteiger partial charge in [-0.25, -0.2) is 0 Å². The molecule has 0 bridgehead atoms. The van der Waals surface area contributed by atoms with E-state index in [1.165, 1.54) is 11.3 Å². The molecule has 0 aliphatic carbocycles. The standard InChI is InChI=1S/C12H12N6S/c1-18(2)12-16-10(15-11(14)17-12)8(7-13)6-9-4-3-5-19-9/h3-6H,1-2H3,(H2,14,15,16,17)/b8-6-. The van der Waals surface area contributed by atoms with Crippen molar-refractivity contribution in [1.82, 2.24) is 15.0 Å². The molecular formula is C12H12N6S. The summed E-state index contributed by atoms with van der Waals surface area (Å²) in [6.07, 6.45) is 1.74. The summed E-state index contributed by atoms with van der Waals surface area (Å²) in [5.41, 5.74) is 6.00. The molecule has 2 N–H and O–H groups in total. The number of rotatable bonds is 3. The highest BCUT2D eigenvalue weighted by Gasteiger charge is 2.10. The molecule has 2 aromatic rings. The van der Waals surface area contributed by atoms with Crippen LogP contribution in [0.5, 0.6) is 0 Å². The normalized spacial score (nSPS) is 11.1. The van der Waals surface area contributed by atoms with Crippen LogP contribution in [0.2, 0.25) is 0 Å². The Morgan fingerprint density at radius 1 is 1.42 bits per heavy atom. The highest BCUT2D eigenvalue weighted by Crippen LogP contribution is 2.19. The topological polar surface area (TPSA) is 91.7 Å². The van der Waals surface area contributed by atoms with Crippen LogP contribution in [0.15, 0.2) is 17.5 Å². The van der Waals surface area contributed by atoms with Crippen molar-refractivity contribution in [3.63, 3.8) is 0 Å². The minimum Gasteiger partial charge on any atom is -0.368 e. The Labute approximate surface area is 114 Å². The van der Waals surface area contributed by atoms with E-state index in [1.54, 1.807) is 25.1 Å². The number of nitriles is 1. The van der Waals surface area contributed by atoms with Gasteiger partial charge in [0.15, 0.2) is 5.82 Å². The number of nitrogens with two attached hydrogens (primary N) is 1. The smallest absolute Gasteiger partial charge is 0.230 e. The summed E-state index contributed by atoms with van der Waals surface area (Å²) in [5.74, 6) is 0.808. The highest BCUT2D eigenvalue weighted by atomic mass is 32.1. The fourth-order valence-electron chi connectivity index (χ4n) is 1.36. The number of allylic oxidation sites excluding steroid dienone is 1. The van der Waals surface area contributed by atoms with E-state index in [4.69, 9.17) is 5.73 Å². The number of thiophene rings is 1. The summed E-state index contributed by atoms with van der Waals surface area (Å²) in [5, 5.41) is 11.2. The average molecular weight is 272 g/mol. The fourth-order valence-corrected chi connectivity index (χ4v) is 2.02. The second-order valence-electron chi connectivity index (χ2n) is 3.90. The quantitative estimate of drug-likeness (QED) is 0.854. The van der Waals surface area contributed by atoms with Crippen molar-refractivity contribution in [3.05, 3.63) is 28.2 Å². The number of nitrogen functional groups attached to an aromatic ring is 1. The Kier molecular flexibility index (Phi) is 3.73. The van der Waals surface area contributed by atoms with E-state index in [9.17, 15) is 5.26 Å². The average Bonchev–Trinajstić information content (AvgIpc) is 2.88. The van der Waals surface area contributed by atoms with Crippen molar-refractivity contribution < 1.29 is 0 Å². The molecule has 7 heteroatoms. The van der Waals surface area contributed by atoms with Crippen LogP contribution in [0.25, 0.3) is 11.6 Å². The lowest BCUT2D eigenvalue weighted by molar-refractivity contribution is 0.952. The highest BCUT2D eigenvalue weighted by molar-refractivity contribution is 7.10. The van der Waals surface area contributed by atoms with Gasteiger partial charge in [-0.1, -0.05) is 6.07 Å². The number of hydrogen-bond donors (Lipinski definition) is 1. The lowest BCUT2D eigenvalue weighted by Crippen LogP contribution is -2.15. The van der Waals surface area contributed by atoms with Gasteiger partial charge in [-0.15, -0.1) is 11.3 Å². The van der Waals surface area contributed by atoms with Crippen LogP contribution in [-0.4, -0.2) is 29.0 Å². The summed E-state index contributed by atoms with van der Waals surface area (Å²) < 4.78 is 0. The minimum absolute atomic E-state index is 0.0982. The molecule has 0 saturated heterocycles. The van der Waals surface area contributed by atoms with Crippen LogP contribution in [0, 0.1) is 11.3 Å². The number of nitrogens with zero attached hydrogens (tertiary/aromatic N) is 5. The van der Waals surface area contributed by atoms with Crippen LogP contribution < -0.4 is 10.6 Å². The summed E-state index contributed by atoms with van der Waals surface area (Å²) in [6, 6.07) is 5.92. The second kappa shape index (κ2) is 5.46. The van der Waals surface area contributed by atoms with Crippen molar-refractivity contribution in [2.75, 3.05) is 24.7 Å². The molecule has 19 heavy (non-hydrogen) atoms. The zero-order chi connectivity index (χ0) is 13.8. The molecule has 2 rings (SSSR count). The second-order valence-corrected chi connectivity index (χ2v) is 4.88. The van der Waals surface area contributed by atoms with Gasteiger partial charge < -0.3 is 10.6 Å². The van der Waals surface area contributed by atoms with E-state index in [-0.39, 0.29) is 11.8 Å². The predicted octanol–water partition coefficient (Wildman–Crippen LogP) is 1.65. The first-order valence-electron chi connectivity index (χ1n) is 5.44. The van der Waals surface area contributed by atoms with Crippen LogP contribution in [0.1, 0.15) is 10.7 Å². The van der Waals surface area contributed by atoms with E-state index in [2.05, 4.69) is 21.0 Å². The van der Waals surface area contributed by atoms with Crippen molar-refractivity contribution in [2.45, 2.75) is 0 Å². The van der Waals surface area contributed by atoms with E-state index in [0.29, 0.717) is 11.5 Å². The van der Waals surface area contributed by atoms with E-state index in [0.717, 1.165) is 4.88 Å². The molecule has 0 fully saturated rings. The number of hydrogen-bond acceptors (Lipinski definition) is 7. The summed E-state index contributed by atoms with van der Waals surface area (Å²) >= 11 is 1.54. The lowest BCUT2D eigenvalue weighted by atomic mass is 10.2. The first kappa shape index (κ1) is 13.0. The molecule has 0 aliphatic rings. The van der Waals surface area contributed by atoms with E-state index >= 15 is 0 Å². The molecule has 0 amide bonds. The van der Waals surface area contributed by atoms with Crippen molar-refractivity contribution in [2.24, 2.45) is 0 Å². The molecule has 0 aliphatic heterocycles. The van der Waals surface area contributed by atoms with Gasteiger partial charge in [0.1, 0.15) is 6.07 Å². The number of anilines is 2. The Balaban J connectivity index is 2.47. The molecule has 0 radical (unpaired) electrons. The molecule has 2 aromatic heterocycles. The molecule has 0 unspecified atom stereocenters. The first-order chi connectivity index (χ1) is 9.10. The van der Waals surface area contributed by atoms with Gasteiger partial charge in [-0.05, 0) is 17.5 Å². The van der Waals surface area contributed by atoms with Crippen molar-refractivity contribution >= 4 is 34.9 Å². The lowest BCUT2D eigenvalue weighted by Gasteiger charge is -2.10. The molecule has 0 aromatic carbocycles. The van der Waals surface area contributed by atoms with Crippen molar-refractivity contribution in [1.29, 1.82) is 5.26 Å². The zero-order valence-corrected chi connectivity index (χ0v) is 11.3. The van der Waals surface area contributed by atoms with Crippen LogP contribution in [0.4, 0.5) is 11.9 Å². The van der Waals surface area contributed by atoms with Gasteiger partial charge in [0.05, 0.1) is 5.57 Å². The zero-order valence-electron chi connectivity index (χ0n) is 10.5. The number of aromatic nitrogens is 3. The maximum Gasteiger partial charge on any atom is 0.230 e. The van der Waals surface area contributed by atoms with Gasteiger partial charge in [0.2, 0.25) is 11.9 Å². The van der Waals surface area contributed by atoms with Gasteiger partial charge in [0, 0.05) is 19.0 Å². The third-order valence-corrected chi connectivity index (χ3v) is 3.05. The maximum absolute atomic E-state index is 9.23. The molecular weight excluding hydrogens is 260 g/mol. The van der Waals surface area contributed by atoms with Crippen LogP contribution in [0.3, 0.4) is 0 Å². The molecule has 0 saturated carbocycles. The minimum atomic E-state index is 0.0982. The molecule has 96 valence electrons. The monoisotopic (exact) mass is 272 g/mol. The first-order valence-corrected chi connectivity index (χ1v) is 6.32. The SMILES string of the molecule is CN(C)c1nc(N)nc(/C(C#N)=C\c2cccs2)n1. The predicted molar refractivity (Wildman–Crippen MR) is 76.4 cm³/mol. The molecule has 0 spiro atoms. The van der Waals surface area contributed by atoms with Gasteiger partial charge in [-0.2, -0.15) is 20.2 Å². The Morgan fingerprint density at radius 3 is 2.79 bits per heavy atom. The van der Waals surface area contributed by atoms with Gasteiger partial charge >= 0.3 is 0 Å². The maximum atomic E-state index is 9.23. The third-order valence-electron chi connectivity index (χ3n) is 2.23. The Morgan fingerprint density at radius 2 is 2.21 bits per heavy atom. The van der Waals surface area contributed by atoms with E-state index < -0.39 is 0 Å². The molecule has 2 heterocycles.